The standard InChI is InChI=1S/C16H25NO3/c1-18-14-6-3-8-16(12-14)20-10-4-9-19-15-7-2-5-13(17)11-15/h2,5,7,11,14,16H,3-4,6,8-10,12,17H2,1H3. The van der Waals surface area contributed by atoms with Gasteiger partial charge in [0.2, 0.25) is 0 Å². The third-order valence-corrected chi connectivity index (χ3v) is 3.68. The lowest BCUT2D eigenvalue weighted by atomic mass is 9.95. The molecule has 4 nitrogen and oxygen atoms in total. The first-order valence-electron chi connectivity index (χ1n) is 7.40. The lowest BCUT2D eigenvalue weighted by Crippen LogP contribution is -2.28. The molecule has 1 aromatic carbocycles. The number of hydrogen-bond acceptors (Lipinski definition) is 4. The van der Waals surface area contributed by atoms with Crippen molar-refractivity contribution in [1.82, 2.24) is 0 Å². The summed E-state index contributed by atoms with van der Waals surface area (Å²) in [6.45, 7) is 1.40. The van der Waals surface area contributed by atoms with Gasteiger partial charge in [-0.1, -0.05) is 6.07 Å². The van der Waals surface area contributed by atoms with Crippen molar-refractivity contribution in [2.24, 2.45) is 0 Å². The van der Waals surface area contributed by atoms with Crippen molar-refractivity contribution < 1.29 is 14.2 Å². The molecular formula is C16H25NO3. The van der Waals surface area contributed by atoms with E-state index in [-0.39, 0.29) is 0 Å². The topological polar surface area (TPSA) is 53.7 Å². The number of rotatable bonds is 7. The van der Waals surface area contributed by atoms with Crippen LogP contribution in [-0.4, -0.2) is 32.5 Å². The van der Waals surface area contributed by atoms with Crippen LogP contribution in [-0.2, 0) is 9.47 Å². The minimum absolute atomic E-state index is 0.348. The Morgan fingerprint density at radius 3 is 2.85 bits per heavy atom. The Balaban J connectivity index is 1.57. The molecule has 2 atom stereocenters. The molecule has 1 saturated carbocycles. The van der Waals surface area contributed by atoms with Crippen LogP contribution in [0.4, 0.5) is 5.69 Å². The van der Waals surface area contributed by atoms with Crippen LogP contribution < -0.4 is 10.5 Å². The first-order chi connectivity index (χ1) is 9.78. The van der Waals surface area contributed by atoms with Gasteiger partial charge in [0, 0.05) is 25.3 Å². The summed E-state index contributed by atoms with van der Waals surface area (Å²) in [5.41, 5.74) is 6.42. The van der Waals surface area contributed by atoms with Crippen LogP contribution in [0.1, 0.15) is 32.1 Å². The SMILES string of the molecule is COC1CCCC(OCCCOc2cccc(N)c2)C1. The van der Waals surface area contributed by atoms with Gasteiger partial charge >= 0.3 is 0 Å². The molecule has 0 spiro atoms. The number of benzene rings is 1. The summed E-state index contributed by atoms with van der Waals surface area (Å²) in [5.74, 6) is 0.821. The summed E-state index contributed by atoms with van der Waals surface area (Å²) in [7, 11) is 1.78. The molecule has 4 heteroatoms. The van der Waals surface area contributed by atoms with Gasteiger partial charge in [0.05, 0.1) is 25.4 Å². The van der Waals surface area contributed by atoms with Crippen molar-refractivity contribution >= 4 is 5.69 Å². The first kappa shape index (κ1) is 15.1. The molecule has 1 aromatic rings. The van der Waals surface area contributed by atoms with Crippen LogP contribution in [0.15, 0.2) is 24.3 Å². The van der Waals surface area contributed by atoms with Crippen LogP contribution in [0.2, 0.25) is 0 Å². The van der Waals surface area contributed by atoms with E-state index >= 15 is 0 Å². The number of anilines is 1. The summed E-state index contributed by atoms with van der Waals surface area (Å²) in [6, 6.07) is 7.51. The maximum absolute atomic E-state index is 5.89. The van der Waals surface area contributed by atoms with Gasteiger partial charge in [0.25, 0.3) is 0 Å². The maximum atomic E-state index is 5.89. The monoisotopic (exact) mass is 279 g/mol. The molecule has 112 valence electrons. The van der Waals surface area contributed by atoms with Gasteiger partial charge in [0.1, 0.15) is 5.75 Å². The fourth-order valence-electron chi connectivity index (χ4n) is 2.57. The summed E-state index contributed by atoms with van der Waals surface area (Å²) in [6.07, 6.45) is 6.14. The van der Waals surface area contributed by atoms with Gasteiger partial charge in [-0.2, -0.15) is 0 Å². The van der Waals surface area contributed by atoms with Crippen LogP contribution >= 0.6 is 0 Å². The highest BCUT2D eigenvalue weighted by atomic mass is 16.5. The highest BCUT2D eigenvalue weighted by molar-refractivity contribution is 5.43. The minimum Gasteiger partial charge on any atom is -0.493 e. The second-order valence-corrected chi connectivity index (χ2v) is 5.29. The summed E-state index contributed by atoms with van der Waals surface area (Å²) >= 11 is 0. The quantitative estimate of drug-likeness (QED) is 0.616. The molecular weight excluding hydrogens is 254 g/mol. The normalized spacial score (nSPS) is 22.6. The molecule has 0 heterocycles. The second-order valence-electron chi connectivity index (χ2n) is 5.29. The Kier molecular flexibility index (Phi) is 6.15. The van der Waals surface area contributed by atoms with E-state index in [2.05, 4.69) is 0 Å². The smallest absolute Gasteiger partial charge is 0.121 e. The predicted molar refractivity (Wildman–Crippen MR) is 80.0 cm³/mol. The average Bonchev–Trinajstić information content (AvgIpc) is 2.47. The molecule has 2 unspecified atom stereocenters. The lowest BCUT2D eigenvalue weighted by molar-refractivity contribution is -0.0317. The molecule has 20 heavy (non-hydrogen) atoms. The third-order valence-electron chi connectivity index (χ3n) is 3.68. The zero-order valence-corrected chi connectivity index (χ0v) is 12.2. The van der Waals surface area contributed by atoms with Crippen molar-refractivity contribution in [3.05, 3.63) is 24.3 Å². The van der Waals surface area contributed by atoms with E-state index in [4.69, 9.17) is 19.9 Å². The van der Waals surface area contributed by atoms with E-state index in [9.17, 15) is 0 Å². The number of methoxy groups -OCH3 is 1. The fourth-order valence-corrected chi connectivity index (χ4v) is 2.57. The minimum atomic E-state index is 0.348. The van der Waals surface area contributed by atoms with Gasteiger partial charge in [-0.25, -0.2) is 0 Å². The predicted octanol–water partition coefficient (Wildman–Crippen LogP) is 3.01. The Morgan fingerprint density at radius 1 is 1.20 bits per heavy atom. The van der Waals surface area contributed by atoms with Crippen LogP contribution in [0, 0.1) is 0 Å². The molecule has 0 aromatic heterocycles. The molecule has 0 aliphatic heterocycles. The van der Waals surface area contributed by atoms with Crippen LogP contribution in [0.3, 0.4) is 0 Å². The summed E-state index contributed by atoms with van der Waals surface area (Å²) in [4.78, 5) is 0. The molecule has 0 bridgehead atoms. The highest BCUT2D eigenvalue weighted by Gasteiger charge is 2.21. The summed E-state index contributed by atoms with van der Waals surface area (Å²) < 4.78 is 16.9. The molecule has 1 fully saturated rings. The lowest BCUT2D eigenvalue weighted by Gasteiger charge is -2.28. The van der Waals surface area contributed by atoms with E-state index in [1.807, 2.05) is 24.3 Å². The van der Waals surface area contributed by atoms with Crippen molar-refractivity contribution in [2.75, 3.05) is 26.1 Å². The number of ether oxygens (including phenoxy) is 3. The van der Waals surface area contributed by atoms with Crippen molar-refractivity contribution in [2.45, 2.75) is 44.3 Å². The van der Waals surface area contributed by atoms with Gasteiger partial charge in [-0.15, -0.1) is 0 Å². The average molecular weight is 279 g/mol. The number of hydrogen-bond donors (Lipinski definition) is 1. The molecule has 2 rings (SSSR count). The van der Waals surface area contributed by atoms with E-state index in [0.717, 1.165) is 43.7 Å². The van der Waals surface area contributed by atoms with Gasteiger partial charge in [-0.05, 0) is 37.8 Å². The van der Waals surface area contributed by atoms with Crippen molar-refractivity contribution in [3.8, 4) is 5.75 Å². The van der Waals surface area contributed by atoms with E-state index in [1.54, 1.807) is 7.11 Å². The number of nitrogens with two attached hydrogens (primary N) is 1. The Morgan fingerprint density at radius 2 is 2.05 bits per heavy atom. The second kappa shape index (κ2) is 8.12. The third kappa shape index (κ3) is 5.02. The fraction of sp³-hybridized carbons (Fsp3) is 0.625. The van der Waals surface area contributed by atoms with Crippen molar-refractivity contribution in [3.63, 3.8) is 0 Å². The van der Waals surface area contributed by atoms with Gasteiger partial charge in [0.15, 0.2) is 0 Å². The van der Waals surface area contributed by atoms with Crippen molar-refractivity contribution in [1.29, 1.82) is 0 Å². The molecule has 0 radical (unpaired) electrons. The highest BCUT2D eigenvalue weighted by Crippen LogP contribution is 2.23. The molecule has 0 amide bonds. The molecule has 2 N–H and O–H groups in total. The molecule has 0 saturated heterocycles. The Hall–Kier alpha value is -1.26. The molecule has 1 aliphatic carbocycles. The van der Waals surface area contributed by atoms with E-state index < -0.39 is 0 Å². The Labute approximate surface area is 121 Å². The largest absolute Gasteiger partial charge is 0.493 e. The van der Waals surface area contributed by atoms with E-state index in [1.165, 1.54) is 6.42 Å². The number of nitrogen functional groups attached to an aromatic ring is 1. The van der Waals surface area contributed by atoms with Crippen LogP contribution in [0.5, 0.6) is 5.75 Å². The first-order valence-corrected chi connectivity index (χ1v) is 7.40. The van der Waals surface area contributed by atoms with Crippen LogP contribution in [0.25, 0.3) is 0 Å². The Bertz CT molecular complexity index is 397. The zero-order valence-electron chi connectivity index (χ0n) is 12.2. The van der Waals surface area contributed by atoms with Gasteiger partial charge < -0.3 is 19.9 Å². The molecule has 1 aliphatic rings. The van der Waals surface area contributed by atoms with E-state index in [0.29, 0.717) is 18.8 Å². The van der Waals surface area contributed by atoms with Gasteiger partial charge in [-0.3, -0.25) is 0 Å². The zero-order chi connectivity index (χ0) is 14.2. The summed E-state index contributed by atoms with van der Waals surface area (Å²) in [5, 5.41) is 0. The maximum Gasteiger partial charge on any atom is 0.121 e.